The Morgan fingerprint density at radius 2 is 1.89 bits per heavy atom. The summed E-state index contributed by atoms with van der Waals surface area (Å²) in [7, 11) is 0. The molecule has 0 saturated heterocycles. The van der Waals surface area contributed by atoms with Crippen molar-refractivity contribution in [3.63, 3.8) is 0 Å². The van der Waals surface area contributed by atoms with Gasteiger partial charge in [-0.25, -0.2) is 8.78 Å². The summed E-state index contributed by atoms with van der Waals surface area (Å²) in [4.78, 5) is 12.2. The van der Waals surface area contributed by atoms with E-state index in [0.717, 1.165) is 17.8 Å². The zero-order chi connectivity index (χ0) is 19.7. The van der Waals surface area contributed by atoms with E-state index < -0.39 is 17.5 Å². The summed E-state index contributed by atoms with van der Waals surface area (Å²) in [5.41, 5.74) is 9.37. The number of halogens is 2. The molecule has 0 aliphatic rings. The molecule has 1 amide bonds. The molecule has 3 N–H and O–H groups in total. The van der Waals surface area contributed by atoms with Gasteiger partial charge in [0.2, 0.25) is 0 Å². The molecule has 3 rings (SSSR count). The van der Waals surface area contributed by atoms with Gasteiger partial charge in [0, 0.05) is 23.5 Å². The van der Waals surface area contributed by atoms with Crippen LogP contribution in [0.4, 0.5) is 8.78 Å². The Morgan fingerprint density at radius 3 is 2.48 bits per heavy atom. The van der Waals surface area contributed by atoms with Crippen LogP contribution in [0.25, 0.3) is 11.1 Å². The first-order chi connectivity index (χ1) is 12.8. The van der Waals surface area contributed by atoms with Crippen molar-refractivity contribution in [2.75, 3.05) is 0 Å². The van der Waals surface area contributed by atoms with E-state index in [-0.39, 0.29) is 12.3 Å². The van der Waals surface area contributed by atoms with Crippen LogP contribution in [0, 0.1) is 18.6 Å². The van der Waals surface area contributed by atoms with Crippen LogP contribution in [0.15, 0.2) is 42.5 Å². The average Bonchev–Trinajstić information content (AvgIpc) is 2.90. The number of nitrogens with zero attached hydrogens (tertiary/aromatic N) is 1. The number of primary amides is 1. The molecule has 140 valence electrons. The summed E-state index contributed by atoms with van der Waals surface area (Å²) in [6.07, 6.45) is 0.586. The van der Waals surface area contributed by atoms with Crippen molar-refractivity contribution in [3.05, 3.63) is 76.6 Å². The third-order valence-electron chi connectivity index (χ3n) is 4.67. The van der Waals surface area contributed by atoms with Crippen molar-refractivity contribution in [3.8, 4) is 16.9 Å². The lowest BCUT2D eigenvalue weighted by Crippen LogP contribution is -2.13. The Labute approximate surface area is 155 Å². The molecule has 27 heavy (non-hydrogen) atoms. The average molecular weight is 370 g/mol. The van der Waals surface area contributed by atoms with Crippen molar-refractivity contribution in [1.82, 2.24) is 4.57 Å². The number of phenols is 1. The van der Waals surface area contributed by atoms with Gasteiger partial charge in [0.25, 0.3) is 5.91 Å². The molecule has 0 fully saturated rings. The summed E-state index contributed by atoms with van der Waals surface area (Å²) in [5.74, 6) is -2.32. The van der Waals surface area contributed by atoms with Gasteiger partial charge in [-0.05, 0) is 48.7 Å². The standard InChI is InChI=1S/C21H20F2N2O2/c1-3-18-20(14-5-4-6-15(26)10-14)19(21(24)27)12(2)25(18)11-13-7-8-16(22)17(23)9-13/h4-10,26H,3,11H2,1-2H3,(H2,24,27). The lowest BCUT2D eigenvalue weighted by Gasteiger charge is -2.12. The van der Waals surface area contributed by atoms with Gasteiger partial charge in [0.15, 0.2) is 11.6 Å². The first-order valence-corrected chi connectivity index (χ1v) is 8.58. The SMILES string of the molecule is CCc1c(-c2cccc(O)c2)c(C(N)=O)c(C)n1Cc1ccc(F)c(F)c1. The smallest absolute Gasteiger partial charge is 0.251 e. The summed E-state index contributed by atoms with van der Waals surface area (Å²) in [6, 6.07) is 10.3. The highest BCUT2D eigenvalue weighted by Gasteiger charge is 2.24. The molecule has 2 aromatic carbocycles. The Kier molecular flexibility index (Phi) is 4.99. The number of benzene rings is 2. The van der Waals surface area contributed by atoms with E-state index >= 15 is 0 Å². The fourth-order valence-electron chi connectivity index (χ4n) is 3.47. The third kappa shape index (κ3) is 3.43. The van der Waals surface area contributed by atoms with Crippen LogP contribution in [0.2, 0.25) is 0 Å². The Balaban J connectivity index is 2.21. The molecule has 4 nitrogen and oxygen atoms in total. The zero-order valence-electron chi connectivity index (χ0n) is 15.1. The maximum Gasteiger partial charge on any atom is 0.251 e. The van der Waals surface area contributed by atoms with Crippen molar-refractivity contribution >= 4 is 5.91 Å². The second kappa shape index (κ2) is 7.23. The number of carbonyl (C=O) groups is 1. The van der Waals surface area contributed by atoms with Gasteiger partial charge >= 0.3 is 0 Å². The zero-order valence-corrected chi connectivity index (χ0v) is 15.1. The van der Waals surface area contributed by atoms with E-state index in [9.17, 15) is 18.7 Å². The molecule has 1 heterocycles. The first kappa shape index (κ1) is 18.6. The van der Waals surface area contributed by atoms with Crippen LogP contribution in [0.1, 0.15) is 34.2 Å². The molecule has 0 saturated carbocycles. The summed E-state index contributed by atoms with van der Waals surface area (Å²) in [6.45, 7) is 3.98. The maximum atomic E-state index is 13.6. The molecule has 3 aromatic rings. The summed E-state index contributed by atoms with van der Waals surface area (Å²) >= 11 is 0. The predicted octanol–water partition coefficient (Wildman–Crippen LogP) is 4.16. The second-order valence-corrected chi connectivity index (χ2v) is 6.38. The van der Waals surface area contributed by atoms with Gasteiger partial charge in [-0.2, -0.15) is 0 Å². The van der Waals surface area contributed by atoms with Crippen LogP contribution in [-0.4, -0.2) is 15.6 Å². The van der Waals surface area contributed by atoms with Crippen LogP contribution in [-0.2, 0) is 13.0 Å². The molecule has 0 unspecified atom stereocenters. The van der Waals surface area contributed by atoms with E-state index in [1.807, 2.05) is 11.5 Å². The van der Waals surface area contributed by atoms with Gasteiger partial charge in [-0.15, -0.1) is 0 Å². The molecule has 0 bridgehead atoms. The van der Waals surface area contributed by atoms with Gasteiger partial charge in [0.05, 0.1) is 5.56 Å². The second-order valence-electron chi connectivity index (χ2n) is 6.38. The molecule has 0 spiro atoms. The van der Waals surface area contributed by atoms with E-state index in [2.05, 4.69) is 0 Å². The number of aromatic nitrogens is 1. The molecular weight excluding hydrogens is 350 g/mol. The minimum atomic E-state index is -0.918. The van der Waals surface area contributed by atoms with Gasteiger partial charge in [-0.3, -0.25) is 4.79 Å². The molecular formula is C21H20F2N2O2. The largest absolute Gasteiger partial charge is 0.508 e. The van der Waals surface area contributed by atoms with Gasteiger partial charge in [0.1, 0.15) is 5.75 Å². The van der Waals surface area contributed by atoms with Crippen molar-refractivity contribution in [2.45, 2.75) is 26.8 Å². The lowest BCUT2D eigenvalue weighted by atomic mass is 9.98. The van der Waals surface area contributed by atoms with Gasteiger partial charge < -0.3 is 15.4 Å². The number of rotatable bonds is 5. The molecule has 6 heteroatoms. The predicted molar refractivity (Wildman–Crippen MR) is 99.6 cm³/mol. The van der Waals surface area contributed by atoms with E-state index in [4.69, 9.17) is 5.73 Å². The molecule has 0 radical (unpaired) electrons. The number of hydrogen-bond donors (Lipinski definition) is 2. The van der Waals surface area contributed by atoms with Crippen LogP contribution in [0.3, 0.4) is 0 Å². The Morgan fingerprint density at radius 1 is 1.15 bits per heavy atom. The summed E-state index contributed by atoms with van der Waals surface area (Å²) in [5, 5.41) is 9.84. The maximum absolute atomic E-state index is 13.6. The van der Waals surface area contributed by atoms with Crippen molar-refractivity contribution < 1.29 is 18.7 Å². The Bertz CT molecular complexity index is 1030. The number of phenolic OH excluding ortho intramolecular Hbond substituents is 1. The van der Waals surface area contributed by atoms with Crippen molar-refractivity contribution in [1.29, 1.82) is 0 Å². The van der Waals surface area contributed by atoms with E-state index in [0.29, 0.717) is 34.4 Å². The highest BCUT2D eigenvalue weighted by molar-refractivity contribution is 6.02. The number of carbonyl (C=O) groups excluding carboxylic acids is 1. The van der Waals surface area contributed by atoms with Crippen molar-refractivity contribution in [2.24, 2.45) is 5.73 Å². The van der Waals surface area contributed by atoms with Crippen LogP contribution in [0.5, 0.6) is 5.75 Å². The third-order valence-corrected chi connectivity index (χ3v) is 4.67. The molecule has 0 aliphatic carbocycles. The van der Waals surface area contributed by atoms with Gasteiger partial charge in [-0.1, -0.05) is 25.1 Å². The minimum absolute atomic E-state index is 0.0796. The number of nitrogens with two attached hydrogens (primary N) is 1. The first-order valence-electron chi connectivity index (χ1n) is 8.58. The Hall–Kier alpha value is -3.15. The fourth-order valence-corrected chi connectivity index (χ4v) is 3.47. The molecule has 1 aromatic heterocycles. The molecule has 0 aliphatic heterocycles. The van der Waals surface area contributed by atoms with E-state index in [1.165, 1.54) is 6.07 Å². The quantitative estimate of drug-likeness (QED) is 0.708. The topological polar surface area (TPSA) is 68.2 Å². The molecule has 0 atom stereocenters. The number of hydrogen-bond acceptors (Lipinski definition) is 2. The number of aromatic hydroxyl groups is 1. The minimum Gasteiger partial charge on any atom is -0.508 e. The highest BCUT2D eigenvalue weighted by atomic mass is 19.2. The van der Waals surface area contributed by atoms with E-state index in [1.54, 1.807) is 31.2 Å². The monoisotopic (exact) mass is 370 g/mol. The van der Waals surface area contributed by atoms with Crippen LogP contribution >= 0.6 is 0 Å². The van der Waals surface area contributed by atoms with Crippen LogP contribution < -0.4 is 5.73 Å². The highest BCUT2D eigenvalue weighted by Crippen LogP contribution is 2.35. The fraction of sp³-hybridized carbons (Fsp3) is 0.190. The summed E-state index contributed by atoms with van der Waals surface area (Å²) < 4.78 is 28.7. The normalized spacial score (nSPS) is 11.0. The number of amides is 1. The lowest BCUT2D eigenvalue weighted by molar-refractivity contribution is 0.1000.